The summed E-state index contributed by atoms with van der Waals surface area (Å²) in [5, 5.41) is 8.62. The molecule has 0 saturated heterocycles. The van der Waals surface area contributed by atoms with Crippen molar-refractivity contribution in [3.63, 3.8) is 0 Å². The molecule has 0 saturated carbocycles. The molecule has 0 aliphatic carbocycles. The molecule has 1 aromatic rings. The first-order valence-electron chi connectivity index (χ1n) is 5.21. The maximum absolute atomic E-state index is 11.7. The zero-order chi connectivity index (χ0) is 13.6. The van der Waals surface area contributed by atoms with E-state index in [4.69, 9.17) is 5.26 Å². The Morgan fingerprint density at radius 2 is 1.94 bits per heavy atom. The van der Waals surface area contributed by atoms with Gasteiger partial charge in [-0.1, -0.05) is 12.1 Å². The van der Waals surface area contributed by atoms with Crippen LogP contribution in [-0.2, 0) is 9.84 Å². The summed E-state index contributed by atoms with van der Waals surface area (Å²) in [6.07, 6.45) is 1.18. The summed E-state index contributed by atoms with van der Waals surface area (Å²) in [5.41, 5.74) is 1.05. The van der Waals surface area contributed by atoms with Crippen LogP contribution >= 0.6 is 11.8 Å². The number of carbonyl (C=O) groups excluding carboxylic acids is 1. The van der Waals surface area contributed by atoms with Crippen molar-refractivity contribution >= 4 is 27.4 Å². The van der Waals surface area contributed by atoms with E-state index in [9.17, 15) is 13.2 Å². The monoisotopic (exact) mass is 283 g/mol. The normalized spacial score (nSPS) is 10.9. The average molecular weight is 283 g/mol. The van der Waals surface area contributed by atoms with Gasteiger partial charge in [0.15, 0.2) is 5.78 Å². The van der Waals surface area contributed by atoms with Gasteiger partial charge in [0.25, 0.3) is 0 Å². The number of nitriles is 1. The summed E-state index contributed by atoms with van der Waals surface area (Å²) >= 11 is 1.30. The zero-order valence-electron chi connectivity index (χ0n) is 9.92. The molecule has 0 aromatic heterocycles. The Balaban J connectivity index is 2.43. The molecular weight excluding hydrogens is 270 g/mol. The maximum Gasteiger partial charge on any atom is 0.172 e. The van der Waals surface area contributed by atoms with Crippen molar-refractivity contribution < 1.29 is 13.2 Å². The molecule has 0 radical (unpaired) electrons. The lowest BCUT2D eigenvalue weighted by Gasteiger charge is -2.01. The van der Waals surface area contributed by atoms with Gasteiger partial charge in [0.05, 0.1) is 23.1 Å². The molecule has 0 bridgehead atoms. The Morgan fingerprint density at radius 1 is 1.33 bits per heavy atom. The minimum atomic E-state index is -2.96. The number of ketones is 1. The lowest BCUT2D eigenvalue weighted by molar-refractivity contribution is 0.102. The van der Waals surface area contributed by atoms with Crippen LogP contribution in [0.4, 0.5) is 0 Å². The number of nitrogens with zero attached hydrogens (tertiary/aromatic N) is 1. The molecule has 0 aliphatic rings. The predicted molar refractivity (Wildman–Crippen MR) is 72.5 cm³/mol. The van der Waals surface area contributed by atoms with Crippen LogP contribution in [0.3, 0.4) is 0 Å². The highest BCUT2D eigenvalue weighted by atomic mass is 32.2. The molecule has 0 spiro atoms. The third-order valence-electron chi connectivity index (χ3n) is 2.17. The molecule has 1 aromatic carbocycles. The summed E-state index contributed by atoms with van der Waals surface area (Å²) in [6, 6.07) is 8.38. The second kappa shape index (κ2) is 6.57. The molecule has 18 heavy (non-hydrogen) atoms. The number of benzene rings is 1. The van der Waals surface area contributed by atoms with Gasteiger partial charge >= 0.3 is 0 Å². The van der Waals surface area contributed by atoms with Crippen LogP contribution in [0.5, 0.6) is 0 Å². The van der Waals surface area contributed by atoms with E-state index >= 15 is 0 Å². The van der Waals surface area contributed by atoms with Gasteiger partial charge in [-0.2, -0.15) is 17.0 Å². The molecule has 1 rings (SSSR count). The van der Waals surface area contributed by atoms with Crippen LogP contribution in [0, 0.1) is 11.3 Å². The fourth-order valence-electron chi connectivity index (χ4n) is 1.19. The molecule has 0 aliphatic heterocycles. The van der Waals surface area contributed by atoms with Gasteiger partial charge in [-0.15, -0.1) is 0 Å². The van der Waals surface area contributed by atoms with Gasteiger partial charge < -0.3 is 0 Å². The standard InChI is InChI=1S/C12H13NO3S2/c1-18(15,16)7-6-17-9-12(14)11-4-2-10(8-13)3-5-11/h2-5H,6-7,9H2,1H3. The van der Waals surface area contributed by atoms with Crippen molar-refractivity contribution in [2.45, 2.75) is 0 Å². The molecule has 0 N–H and O–H groups in total. The molecule has 0 heterocycles. The first kappa shape index (κ1) is 14.7. The first-order valence-corrected chi connectivity index (χ1v) is 8.43. The SMILES string of the molecule is CS(=O)(=O)CCSCC(=O)c1ccc(C#N)cc1. The Bertz CT molecular complexity index is 556. The van der Waals surface area contributed by atoms with Gasteiger partial charge in [-0.3, -0.25) is 4.79 Å². The highest BCUT2D eigenvalue weighted by Gasteiger charge is 2.07. The van der Waals surface area contributed by atoms with Gasteiger partial charge in [0, 0.05) is 17.6 Å². The number of hydrogen-bond donors (Lipinski definition) is 0. The van der Waals surface area contributed by atoms with Crippen molar-refractivity contribution in [3.8, 4) is 6.07 Å². The van der Waals surface area contributed by atoms with E-state index < -0.39 is 9.84 Å². The Kier molecular flexibility index (Phi) is 5.38. The number of rotatable bonds is 6. The number of carbonyl (C=O) groups is 1. The largest absolute Gasteiger partial charge is 0.293 e. The molecule has 4 nitrogen and oxygen atoms in total. The Hall–Kier alpha value is -1.32. The van der Waals surface area contributed by atoms with Crippen molar-refractivity contribution in [1.29, 1.82) is 5.26 Å². The van der Waals surface area contributed by atoms with Crippen LogP contribution in [0.1, 0.15) is 15.9 Å². The summed E-state index contributed by atoms with van der Waals surface area (Å²) in [6.45, 7) is 0. The van der Waals surface area contributed by atoms with E-state index in [0.29, 0.717) is 16.9 Å². The van der Waals surface area contributed by atoms with Gasteiger partial charge in [-0.25, -0.2) is 8.42 Å². The van der Waals surface area contributed by atoms with Crippen molar-refractivity contribution in [1.82, 2.24) is 0 Å². The van der Waals surface area contributed by atoms with Crippen LogP contribution in [0.2, 0.25) is 0 Å². The lowest BCUT2D eigenvalue weighted by Crippen LogP contribution is -2.08. The minimum absolute atomic E-state index is 0.0574. The molecular formula is C12H13NO3S2. The second-order valence-electron chi connectivity index (χ2n) is 3.79. The fraction of sp³-hybridized carbons (Fsp3) is 0.333. The van der Waals surface area contributed by atoms with Crippen LogP contribution < -0.4 is 0 Å². The quantitative estimate of drug-likeness (QED) is 0.584. The summed E-state index contributed by atoms with van der Waals surface area (Å²) < 4.78 is 21.8. The summed E-state index contributed by atoms with van der Waals surface area (Å²) in [7, 11) is -2.96. The summed E-state index contributed by atoms with van der Waals surface area (Å²) in [4.78, 5) is 11.7. The smallest absolute Gasteiger partial charge is 0.172 e. The third kappa shape index (κ3) is 5.34. The molecule has 0 fully saturated rings. The van der Waals surface area contributed by atoms with E-state index in [1.807, 2.05) is 6.07 Å². The number of thioether (sulfide) groups is 1. The number of Topliss-reactive ketones (excluding diaryl/α,β-unsaturated/α-hetero) is 1. The van der Waals surface area contributed by atoms with Crippen LogP contribution in [0.25, 0.3) is 0 Å². The van der Waals surface area contributed by atoms with Crippen LogP contribution in [-0.4, -0.2) is 37.7 Å². The van der Waals surface area contributed by atoms with E-state index in [1.165, 1.54) is 18.0 Å². The van der Waals surface area contributed by atoms with E-state index in [0.717, 1.165) is 0 Å². The van der Waals surface area contributed by atoms with E-state index in [1.54, 1.807) is 24.3 Å². The second-order valence-corrected chi connectivity index (χ2v) is 7.16. The highest BCUT2D eigenvalue weighted by Crippen LogP contribution is 2.09. The molecule has 0 unspecified atom stereocenters. The molecule has 96 valence electrons. The van der Waals surface area contributed by atoms with Gasteiger partial charge in [0.2, 0.25) is 0 Å². The van der Waals surface area contributed by atoms with Crippen molar-refractivity contribution in [3.05, 3.63) is 35.4 Å². The van der Waals surface area contributed by atoms with Gasteiger partial charge in [0.1, 0.15) is 9.84 Å². The number of sulfone groups is 1. The zero-order valence-corrected chi connectivity index (χ0v) is 11.6. The number of hydrogen-bond acceptors (Lipinski definition) is 5. The Morgan fingerprint density at radius 3 is 2.44 bits per heavy atom. The highest BCUT2D eigenvalue weighted by molar-refractivity contribution is 8.01. The average Bonchev–Trinajstić information content (AvgIpc) is 2.33. The third-order valence-corrected chi connectivity index (χ3v) is 4.33. The van der Waals surface area contributed by atoms with Crippen molar-refractivity contribution in [2.75, 3.05) is 23.5 Å². The molecule has 6 heteroatoms. The topological polar surface area (TPSA) is 75.0 Å². The van der Waals surface area contributed by atoms with Gasteiger partial charge in [-0.05, 0) is 12.1 Å². The fourth-order valence-corrected chi connectivity index (χ4v) is 3.37. The molecule has 0 amide bonds. The summed E-state index contributed by atoms with van der Waals surface area (Å²) in [5.74, 6) is 0.693. The molecule has 0 atom stereocenters. The minimum Gasteiger partial charge on any atom is -0.293 e. The predicted octanol–water partition coefficient (Wildman–Crippen LogP) is 1.52. The Labute approximate surface area is 111 Å². The van der Waals surface area contributed by atoms with Crippen LogP contribution in [0.15, 0.2) is 24.3 Å². The van der Waals surface area contributed by atoms with E-state index in [2.05, 4.69) is 0 Å². The van der Waals surface area contributed by atoms with E-state index in [-0.39, 0.29) is 17.3 Å². The van der Waals surface area contributed by atoms with Crippen molar-refractivity contribution in [2.24, 2.45) is 0 Å². The maximum atomic E-state index is 11.7. The first-order chi connectivity index (χ1) is 8.42. The lowest BCUT2D eigenvalue weighted by atomic mass is 10.1.